The third kappa shape index (κ3) is 8.59. The smallest absolute Gasteiger partial charge is 0.403 e. The van der Waals surface area contributed by atoms with Crippen molar-refractivity contribution in [3.63, 3.8) is 0 Å². The van der Waals surface area contributed by atoms with Crippen LogP contribution < -0.4 is 4.74 Å². The lowest BCUT2D eigenvalue weighted by Gasteiger charge is -2.31. The van der Waals surface area contributed by atoms with Gasteiger partial charge in [0.25, 0.3) is 0 Å². The van der Waals surface area contributed by atoms with E-state index in [2.05, 4.69) is 46.8 Å². The minimum absolute atomic E-state index is 0.0417. The molecule has 4 aromatic rings. The highest BCUT2D eigenvalue weighted by Gasteiger charge is 2.74. The molecule has 0 aliphatic rings. The van der Waals surface area contributed by atoms with Gasteiger partial charge in [0.2, 0.25) is 0 Å². The molecule has 2 heterocycles. The molecule has 25 heteroatoms. The lowest BCUT2D eigenvalue weighted by Crippen LogP contribution is -2.50. The molecule has 0 bridgehead atoms. The molecule has 0 unspecified atom stereocenters. The Bertz CT molecular complexity index is 1860. The Labute approximate surface area is 309 Å². The molecule has 2 aromatic carbocycles. The van der Waals surface area contributed by atoms with Gasteiger partial charge in [0.1, 0.15) is 5.69 Å². The summed E-state index contributed by atoms with van der Waals surface area (Å²) in [6.07, 6.45) is -25.7. The van der Waals surface area contributed by atoms with E-state index in [-0.39, 0.29) is 27.7 Å². The Morgan fingerprint density at radius 1 is 0.577 bits per heavy atom. The normalized spacial score (nSPS) is 13.6. The average molecular weight is 1020 g/mol. The van der Waals surface area contributed by atoms with Crippen LogP contribution in [0.15, 0.2) is 58.0 Å². The number of nitrogens with zero attached hydrogens (tertiary/aromatic N) is 4. The maximum Gasteiger partial charge on any atom is 0.573 e. The zero-order chi connectivity index (χ0) is 40.2. The number of rotatable bonds is 5. The highest BCUT2D eigenvalue weighted by atomic mass is 127. The van der Waals surface area contributed by atoms with Crippen molar-refractivity contribution in [2.45, 2.75) is 56.3 Å². The first-order valence-electron chi connectivity index (χ1n) is 13.0. The van der Waals surface area contributed by atoms with E-state index in [1.54, 1.807) is 6.20 Å². The largest absolute Gasteiger partial charge is 0.573 e. The second-order valence-corrected chi connectivity index (χ2v) is 13.3. The second-order valence-electron chi connectivity index (χ2n) is 10.3. The molecule has 0 saturated carbocycles. The van der Waals surface area contributed by atoms with E-state index < -0.39 is 69.4 Å². The zero-order valence-electron chi connectivity index (χ0n) is 24.9. The topological polar surface area (TPSA) is 44.9 Å². The number of ether oxygens (including phenoxy) is 1. The molecule has 0 N–H and O–H groups in total. The highest BCUT2D eigenvalue weighted by molar-refractivity contribution is 14.1. The summed E-state index contributed by atoms with van der Waals surface area (Å²) in [5, 5.41) is 7.55. The van der Waals surface area contributed by atoms with Crippen molar-refractivity contribution in [2.24, 2.45) is 0 Å². The van der Waals surface area contributed by atoms with Gasteiger partial charge in [-0.2, -0.15) is 62.9 Å². The Morgan fingerprint density at radius 3 is 1.33 bits per heavy atom. The minimum atomic E-state index is -6.52. The van der Waals surface area contributed by atoms with Gasteiger partial charge in [0.15, 0.2) is 5.75 Å². The Hall–Kier alpha value is -2.84. The molecule has 2 aromatic heterocycles. The van der Waals surface area contributed by atoms with Crippen molar-refractivity contribution in [1.29, 1.82) is 0 Å². The first kappa shape index (κ1) is 43.6. The van der Waals surface area contributed by atoms with Crippen molar-refractivity contribution in [3.8, 4) is 17.1 Å². The molecule has 0 aliphatic heterocycles. The molecule has 0 spiro atoms. The van der Waals surface area contributed by atoms with Gasteiger partial charge in [-0.1, -0.05) is 12.1 Å². The van der Waals surface area contributed by atoms with Crippen LogP contribution in [0, 0.1) is 17.4 Å². The highest BCUT2D eigenvalue weighted by Crippen LogP contribution is 2.56. The van der Waals surface area contributed by atoms with E-state index in [9.17, 15) is 74.6 Å². The summed E-state index contributed by atoms with van der Waals surface area (Å²) < 4.78 is 227. The van der Waals surface area contributed by atoms with Gasteiger partial charge in [-0.25, -0.2) is 18.1 Å². The molecule has 52 heavy (non-hydrogen) atoms. The third-order valence-electron chi connectivity index (χ3n) is 6.66. The maximum atomic E-state index is 14.2. The molecular weight excluding hydrogens is 1010 g/mol. The zero-order valence-corrected chi connectivity index (χ0v) is 30.2. The lowest BCUT2D eigenvalue weighted by molar-refractivity contribution is -0.349. The van der Waals surface area contributed by atoms with Crippen molar-refractivity contribution < 1.29 is 79.4 Å². The number of aryl methyl sites for hydroxylation is 2. The van der Waals surface area contributed by atoms with Crippen LogP contribution in [-0.2, 0) is 11.3 Å². The predicted octanol–water partition coefficient (Wildman–Crippen LogP) is 12.0. The summed E-state index contributed by atoms with van der Waals surface area (Å²) in [6.45, 7) is 2.60. The lowest BCUT2D eigenvalue weighted by atomic mass is 9.90. The van der Waals surface area contributed by atoms with Crippen LogP contribution in [-0.4, -0.2) is 50.6 Å². The van der Waals surface area contributed by atoms with Crippen LogP contribution in [0.5, 0.6) is 5.75 Å². The Kier molecular flexibility index (Phi) is 12.1. The number of hydrogen-bond acceptors (Lipinski definition) is 3. The number of hydrogen-bond donors (Lipinski definition) is 0. The van der Waals surface area contributed by atoms with Gasteiger partial charge in [-0.15, -0.1) is 13.2 Å². The van der Waals surface area contributed by atoms with Crippen molar-refractivity contribution in [1.82, 2.24) is 19.6 Å². The standard InChI is InChI=1S/C14H10F7IN2.C13H4Br2F10N2O/c1-7-3-9(12(15,13(16,17)18)14(19,20)21)4-8(2)11(7)24-6-10(22)5-23-24;14-6-3-26-27(4-6)9-7(15)1-5(2-8(9)28-13(23,24)25)10(16,11(17,18)19)12(20,21)22/h3-6H,1-2H3;1-4H. The molecular formula is C27H14Br2F17IN4O. The molecule has 0 atom stereocenters. The molecule has 0 saturated heterocycles. The van der Waals surface area contributed by atoms with Gasteiger partial charge >= 0.3 is 42.4 Å². The van der Waals surface area contributed by atoms with Gasteiger partial charge < -0.3 is 4.74 Å². The van der Waals surface area contributed by atoms with Crippen LogP contribution in [0.1, 0.15) is 22.3 Å². The monoisotopic (exact) mass is 1020 g/mol. The van der Waals surface area contributed by atoms with E-state index in [0.717, 1.165) is 16.0 Å². The Morgan fingerprint density at radius 2 is 0.981 bits per heavy atom. The molecule has 0 amide bonds. The second kappa shape index (κ2) is 14.4. The third-order valence-corrected chi connectivity index (χ3v) is 8.23. The summed E-state index contributed by atoms with van der Waals surface area (Å²) in [6, 6.07) is 0.828. The van der Waals surface area contributed by atoms with E-state index >= 15 is 0 Å². The summed E-state index contributed by atoms with van der Waals surface area (Å²) in [5.74, 6) is -1.54. The first-order chi connectivity index (χ1) is 23.3. The van der Waals surface area contributed by atoms with Crippen LogP contribution in [0.2, 0.25) is 0 Å². The van der Waals surface area contributed by atoms with Crippen molar-refractivity contribution in [3.05, 3.63) is 83.8 Å². The van der Waals surface area contributed by atoms with Crippen molar-refractivity contribution >= 4 is 54.5 Å². The fourth-order valence-electron chi connectivity index (χ4n) is 4.54. The fourth-order valence-corrected chi connectivity index (χ4v) is 5.83. The summed E-state index contributed by atoms with van der Waals surface area (Å²) in [5.41, 5.74) is -15.4. The summed E-state index contributed by atoms with van der Waals surface area (Å²) in [4.78, 5) is 0. The molecule has 4 rings (SSSR count). The minimum Gasteiger partial charge on any atom is -0.403 e. The Balaban J connectivity index is 0.000000284. The molecule has 0 aliphatic carbocycles. The number of benzene rings is 2. The number of alkyl halides is 17. The number of aromatic nitrogens is 4. The molecule has 0 radical (unpaired) electrons. The van der Waals surface area contributed by atoms with Crippen molar-refractivity contribution in [2.75, 3.05) is 0 Å². The van der Waals surface area contributed by atoms with E-state index in [4.69, 9.17) is 0 Å². The average Bonchev–Trinajstić information content (AvgIpc) is 3.56. The number of halogens is 20. The van der Waals surface area contributed by atoms with Gasteiger partial charge in [0, 0.05) is 28.0 Å². The molecule has 5 nitrogen and oxygen atoms in total. The van der Waals surface area contributed by atoms with Gasteiger partial charge in [0.05, 0.1) is 26.1 Å². The first-order valence-corrected chi connectivity index (χ1v) is 15.7. The van der Waals surface area contributed by atoms with E-state index in [1.165, 1.54) is 24.7 Å². The predicted molar refractivity (Wildman–Crippen MR) is 161 cm³/mol. The van der Waals surface area contributed by atoms with Crippen LogP contribution in [0.25, 0.3) is 11.4 Å². The summed E-state index contributed by atoms with van der Waals surface area (Å²) in [7, 11) is 0. The van der Waals surface area contributed by atoms with E-state index in [1.807, 2.05) is 22.6 Å². The SMILES string of the molecule is Cc1cc(C(F)(C(F)(F)F)C(F)(F)F)cc(C)c1-n1cc(I)cn1.FC(F)(F)Oc1cc(C(F)(C(F)(F)F)C(F)(F)F)cc(Br)c1-n1cc(Br)cn1. The van der Waals surface area contributed by atoms with Crippen LogP contribution in [0.4, 0.5) is 74.6 Å². The van der Waals surface area contributed by atoms with E-state index in [0.29, 0.717) is 22.5 Å². The van der Waals surface area contributed by atoms with Crippen LogP contribution >= 0.6 is 54.5 Å². The summed E-state index contributed by atoms with van der Waals surface area (Å²) >= 11 is 7.42. The quantitative estimate of drug-likeness (QED) is 0.148. The van der Waals surface area contributed by atoms with Gasteiger partial charge in [-0.3, -0.25) is 0 Å². The molecule has 0 fully saturated rings. The van der Waals surface area contributed by atoms with Crippen LogP contribution in [0.3, 0.4) is 0 Å². The molecule has 288 valence electrons. The van der Waals surface area contributed by atoms with Gasteiger partial charge in [-0.05, 0) is 91.6 Å². The fraction of sp³-hybridized carbons (Fsp3) is 0.333. The maximum absolute atomic E-state index is 14.2.